The van der Waals surface area contributed by atoms with Gasteiger partial charge in [0, 0.05) is 0 Å². The molecule has 8 amide bonds. The summed E-state index contributed by atoms with van der Waals surface area (Å²) >= 11 is 0. The smallest absolute Gasteiger partial charge is 0.326 e. The zero-order chi connectivity index (χ0) is 43.4. The number of nitrogens with two attached hydrogens (primary N) is 2. The van der Waals surface area contributed by atoms with E-state index in [9.17, 15) is 48.3 Å². The second-order valence-electron chi connectivity index (χ2n) is 15.0. The highest BCUT2D eigenvalue weighted by molar-refractivity contribution is 5.97. The van der Waals surface area contributed by atoms with Gasteiger partial charge in [-0.25, -0.2) is 4.79 Å². The number of hydrogen-bond donors (Lipinski definition) is 11. The van der Waals surface area contributed by atoms with Crippen LogP contribution in [0.2, 0.25) is 0 Å². The highest BCUT2D eigenvalue weighted by atomic mass is 16.4. The van der Waals surface area contributed by atoms with Crippen molar-refractivity contribution in [1.29, 1.82) is 0 Å². The predicted octanol–water partition coefficient (Wildman–Crippen LogP) is -2.38. The number of carboxylic acids is 1. The van der Waals surface area contributed by atoms with Crippen LogP contribution in [-0.2, 0) is 43.2 Å². The molecular formula is C36H66N10O10. The highest BCUT2D eigenvalue weighted by Crippen LogP contribution is 2.08. The summed E-state index contributed by atoms with van der Waals surface area (Å²) in [6.07, 6.45) is 1.61. The highest BCUT2D eigenvalue weighted by Gasteiger charge is 2.31. The maximum Gasteiger partial charge on any atom is 0.326 e. The lowest BCUT2D eigenvalue weighted by Gasteiger charge is -2.25. The molecule has 0 saturated heterocycles. The molecule has 0 spiro atoms. The molecule has 0 heterocycles. The maximum atomic E-state index is 13.3. The summed E-state index contributed by atoms with van der Waals surface area (Å²) in [5.74, 6) is -6.71. The summed E-state index contributed by atoms with van der Waals surface area (Å²) in [5, 5.41) is 29.3. The number of carbonyl (C=O) groups excluding carboxylic acids is 8. The average molecular weight is 799 g/mol. The van der Waals surface area contributed by atoms with E-state index in [-0.39, 0.29) is 31.1 Å². The van der Waals surface area contributed by atoms with Crippen LogP contribution >= 0.6 is 0 Å². The van der Waals surface area contributed by atoms with Gasteiger partial charge in [0.25, 0.3) is 0 Å². The van der Waals surface area contributed by atoms with Gasteiger partial charge in [0.2, 0.25) is 47.3 Å². The van der Waals surface area contributed by atoms with E-state index >= 15 is 0 Å². The molecular weight excluding hydrogens is 732 g/mol. The predicted molar refractivity (Wildman–Crippen MR) is 207 cm³/mol. The normalized spacial score (nSPS) is 16.0. The van der Waals surface area contributed by atoms with Gasteiger partial charge in [0.05, 0.1) is 6.04 Å². The lowest BCUT2D eigenvalue weighted by Crippen LogP contribution is -2.59. The number of carboxylic acid groups (broad SMARTS) is 1. The van der Waals surface area contributed by atoms with Crippen molar-refractivity contribution in [2.45, 2.75) is 156 Å². The van der Waals surface area contributed by atoms with E-state index in [1.165, 1.54) is 41.5 Å². The van der Waals surface area contributed by atoms with Crippen LogP contribution in [0, 0.1) is 11.8 Å². The number of rotatable bonds is 25. The topological polar surface area (TPSA) is 322 Å². The summed E-state index contributed by atoms with van der Waals surface area (Å²) in [7, 11) is 0. The van der Waals surface area contributed by atoms with Gasteiger partial charge in [-0.05, 0) is 92.0 Å². The van der Waals surface area contributed by atoms with Crippen LogP contribution in [0.3, 0.4) is 0 Å². The van der Waals surface area contributed by atoms with Crippen LogP contribution in [-0.4, -0.2) is 119 Å². The van der Waals surface area contributed by atoms with Crippen molar-refractivity contribution < 1.29 is 48.3 Å². The van der Waals surface area contributed by atoms with E-state index < -0.39 is 108 Å². The molecule has 0 aromatic carbocycles. The molecule has 0 aliphatic carbocycles. The first-order chi connectivity index (χ1) is 25.9. The van der Waals surface area contributed by atoms with Gasteiger partial charge in [0.1, 0.15) is 48.3 Å². The van der Waals surface area contributed by atoms with Crippen LogP contribution in [0.5, 0.6) is 0 Å². The molecule has 0 unspecified atom stereocenters. The minimum atomic E-state index is -1.21. The minimum absolute atomic E-state index is 0.0103. The Hall–Kier alpha value is -4.85. The number of carbonyl (C=O) groups is 9. The summed E-state index contributed by atoms with van der Waals surface area (Å²) < 4.78 is 0. The zero-order valence-electron chi connectivity index (χ0n) is 34.4. The number of hydrogen-bond acceptors (Lipinski definition) is 11. The first-order valence-corrected chi connectivity index (χ1v) is 19.0. The van der Waals surface area contributed by atoms with E-state index in [1.54, 1.807) is 13.8 Å². The molecule has 20 heteroatoms. The first kappa shape index (κ1) is 51.1. The Morgan fingerprint density at radius 1 is 0.429 bits per heavy atom. The molecule has 0 radical (unpaired) electrons. The van der Waals surface area contributed by atoms with Crippen molar-refractivity contribution in [2.75, 3.05) is 6.54 Å². The standard InChI is InChI=1S/C36H66N10O10/c1-17(2)15-26(45-28(47)19(5)38)35(54)43-24(10)32(51)44-25(13-11-12-14-37)34(53)42-22(8)31(50)40-20(6)29(48)39-21(7)30(49)41-23(9)33(52)46-27(36(55)56)16-18(3)4/h17-27H,11-16,37-38H2,1-10H3,(H,39,48)(H,40,50)(H,41,49)(H,42,53)(H,43,54)(H,44,51)(H,45,47)(H,46,52)(H,55,56)/t19-,20-,21-,22-,23-,24-,25-,26-,27-/m0/s1. The van der Waals surface area contributed by atoms with Gasteiger partial charge in [-0.3, -0.25) is 38.4 Å². The molecule has 56 heavy (non-hydrogen) atoms. The van der Waals surface area contributed by atoms with Gasteiger partial charge < -0.3 is 59.1 Å². The lowest BCUT2D eigenvalue weighted by atomic mass is 10.0. The van der Waals surface area contributed by atoms with Crippen molar-refractivity contribution >= 4 is 53.2 Å². The second kappa shape index (κ2) is 25.3. The fourth-order valence-electron chi connectivity index (χ4n) is 5.02. The van der Waals surface area contributed by atoms with E-state index in [2.05, 4.69) is 42.5 Å². The SMILES string of the molecule is CC(C)C[C@H](NC(=O)[C@H](C)NC(=O)[C@H](C)NC(=O)[C@H](C)NC(=O)[C@H](C)NC(=O)[C@H](CCCCN)NC(=O)[C@H](C)NC(=O)[C@H](CC(C)C)NC(=O)[C@H](C)N)C(=O)O. The summed E-state index contributed by atoms with van der Waals surface area (Å²) in [4.78, 5) is 114. The van der Waals surface area contributed by atoms with E-state index in [1.807, 2.05) is 13.8 Å². The van der Waals surface area contributed by atoms with Crippen LogP contribution in [0.15, 0.2) is 0 Å². The second-order valence-corrected chi connectivity index (χ2v) is 15.0. The largest absolute Gasteiger partial charge is 0.480 e. The lowest BCUT2D eigenvalue weighted by molar-refractivity contribution is -0.142. The molecule has 0 aliphatic rings. The molecule has 13 N–H and O–H groups in total. The Morgan fingerprint density at radius 3 is 1.07 bits per heavy atom. The molecule has 0 aromatic heterocycles. The van der Waals surface area contributed by atoms with Gasteiger partial charge in [-0.1, -0.05) is 27.7 Å². The van der Waals surface area contributed by atoms with Crippen molar-refractivity contribution in [2.24, 2.45) is 23.3 Å². The maximum absolute atomic E-state index is 13.3. The van der Waals surface area contributed by atoms with Gasteiger partial charge in [-0.15, -0.1) is 0 Å². The third-order valence-corrected chi connectivity index (χ3v) is 8.42. The van der Waals surface area contributed by atoms with Gasteiger partial charge in [-0.2, -0.15) is 0 Å². The number of nitrogens with one attached hydrogen (secondary N) is 8. The average Bonchev–Trinajstić information content (AvgIpc) is 3.09. The fraction of sp³-hybridized carbons (Fsp3) is 0.750. The third-order valence-electron chi connectivity index (χ3n) is 8.42. The Balaban J connectivity index is 5.36. The third kappa shape index (κ3) is 19.7. The molecule has 9 atom stereocenters. The minimum Gasteiger partial charge on any atom is -0.480 e. The van der Waals surface area contributed by atoms with Crippen LogP contribution in [0.1, 0.15) is 101 Å². The number of aliphatic carboxylic acids is 1. The van der Waals surface area contributed by atoms with E-state index in [4.69, 9.17) is 11.5 Å². The van der Waals surface area contributed by atoms with Crippen molar-refractivity contribution in [3.05, 3.63) is 0 Å². The quantitative estimate of drug-likeness (QED) is 0.0432. The Kier molecular flexibility index (Phi) is 23.1. The Labute approximate surface area is 329 Å². The molecule has 320 valence electrons. The van der Waals surface area contributed by atoms with Crippen molar-refractivity contribution in [1.82, 2.24) is 42.5 Å². The van der Waals surface area contributed by atoms with Crippen LogP contribution < -0.4 is 54.0 Å². The van der Waals surface area contributed by atoms with E-state index in [0.29, 0.717) is 19.4 Å². The van der Waals surface area contributed by atoms with Crippen molar-refractivity contribution in [3.8, 4) is 0 Å². The summed E-state index contributed by atoms with van der Waals surface area (Å²) in [6, 6.07) is -9.81. The molecule has 0 rings (SSSR count). The molecule has 0 fully saturated rings. The van der Waals surface area contributed by atoms with Crippen molar-refractivity contribution in [3.63, 3.8) is 0 Å². The van der Waals surface area contributed by atoms with Gasteiger partial charge in [0.15, 0.2) is 0 Å². The summed E-state index contributed by atoms with van der Waals surface area (Å²) in [6.45, 7) is 16.0. The summed E-state index contributed by atoms with van der Waals surface area (Å²) in [5.41, 5.74) is 11.2. The molecule has 0 aromatic rings. The van der Waals surface area contributed by atoms with Crippen LogP contribution in [0.4, 0.5) is 0 Å². The van der Waals surface area contributed by atoms with E-state index in [0.717, 1.165) is 0 Å². The van der Waals surface area contributed by atoms with Crippen LogP contribution in [0.25, 0.3) is 0 Å². The van der Waals surface area contributed by atoms with Gasteiger partial charge >= 0.3 is 5.97 Å². The number of amides is 8. The molecule has 0 saturated carbocycles. The fourth-order valence-corrected chi connectivity index (χ4v) is 5.02. The molecule has 0 bridgehead atoms. The first-order valence-electron chi connectivity index (χ1n) is 19.0. The molecule has 0 aliphatic heterocycles. The zero-order valence-corrected chi connectivity index (χ0v) is 34.4. The molecule has 20 nitrogen and oxygen atoms in total. The monoisotopic (exact) mass is 798 g/mol. The Morgan fingerprint density at radius 2 is 0.732 bits per heavy atom. The number of unbranched alkanes of at least 4 members (excludes halogenated alkanes) is 1. The Bertz CT molecular complexity index is 1380.